The first-order chi connectivity index (χ1) is 9.31. The fourth-order valence-corrected chi connectivity index (χ4v) is 2.81. The summed E-state index contributed by atoms with van der Waals surface area (Å²) in [6.45, 7) is -0.252. The number of carbonyl (C=O) groups is 2. The van der Waals surface area contributed by atoms with Crippen LogP contribution in [-0.2, 0) is 19.7 Å². The summed E-state index contributed by atoms with van der Waals surface area (Å²) in [4.78, 5) is 25.6. The number of nitrogens with one attached hydrogen (secondary N) is 2. The van der Waals surface area contributed by atoms with Gasteiger partial charge in [0.25, 0.3) is 5.91 Å². The van der Waals surface area contributed by atoms with Gasteiger partial charge in [-0.15, -0.1) is 0 Å². The Labute approximate surface area is 112 Å². The second-order valence-corrected chi connectivity index (χ2v) is 5.58. The molecule has 0 bridgehead atoms. The van der Waals surface area contributed by atoms with Crippen molar-refractivity contribution in [1.29, 1.82) is 0 Å². The molecular formula is C10H9FN2O6S. The van der Waals surface area contributed by atoms with Crippen molar-refractivity contribution in [3.63, 3.8) is 0 Å². The third kappa shape index (κ3) is 2.76. The smallest absolute Gasteiger partial charge is 0.335 e. The average Bonchev–Trinajstić information content (AvgIpc) is 2.74. The molecule has 2 rings (SSSR count). The van der Waals surface area contributed by atoms with Crippen molar-refractivity contribution in [2.24, 2.45) is 0 Å². The van der Waals surface area contributed by atoms with Crippen LogP contribution in [0.2, 0.25) is 0 Å². The molecule has 20 heavy (non-hydrogen) atoms. The maximum Gasteiger partial charge on any atom is 0.335 e. The van der Waals surface area contributed by atoms with Gasteiger partial charge in [0.05, 0.1) is 5.56 Å². The zero-order chi connectivity index (χ0) is 14.9. The number of hydrogen-bond acceptors (Lipinski definition) is 5. The number of aromatic carboxylic acids is 1. The second kappa shape index (κ2) is 5.15. The second-order valence-electron chi connectivity index (χ2n) is 3.90. The Balaban J connectivity index is 2.36. The van der Waals surface area contributed by atoms with E-state index < -0.39 is 38.7 Å². The lowest BCUT2D eigenvalue weighted by atomic mass is 10.2. The molecule has 0 aromatic heterocycles. The molecule has 10 heteroatoms. The molecule has 0 radical (unpaired) electrons. The van der Waals surface area contributed by atoms with Gasteiger partial charge in [0.2, 0.25) is 10.0 Å². The van der Waals surface area contributed by atoms with Gasteiger partial charge in [-0.25, -0.2) is 23.1 Å². The van der Waals surface area contributed by atoms with Gasteiger partial charge in [0.1, 0.15) is 23.4 Å². The minimum Gasteiger partial charge on any atom is -0.478 e. The standard InChI is InChI=1S/C10H9FN2O6S/c11-6-2-1-5(10(15)16)3-8(6)20(17,18)13-7-4-19-12-9(7)14/h1-3,7,13H,4H2,(H,12,14)(H,15,16)/t7-/m1/s1. The zero-order valence-electron chi connectivity index (χ0n) is 9.79. The first-order valence-electron chi connectivity index (χ1n) is 5.28. The summed E-state index contributed by atoms with van der Waals surface area (Å²) in [7, 11) is -4.39. The van der Waals surface area contributed by atoms with Gasteiger partial charge < -0.3 is 5.11 Å². The number of carboxylic acid groups (broad SMARTS) is 1. The number of carboxylic acids is 1. The molecule has 1 aromatic rings. The molecule has 0 unspecified atom stereocenters. The molecule has 0 aliphatic carbocycles. The Morgan fingerprint density at radius 1 is 1.50 bits per heavy atom. The van der Waals surface area contributed by atoms with Gasteiger partial charge in [-0.1, -0.05) is 0 Å². The van der Waals surface area contributed by atoms with E-state index in [0.717, 1.165) is 12.1 Å². The molecule has 8 nitrogen and oxygen atoms in total. The van der Waals surface area contributed by atoms with Crippen LogP contribution in [0.3, 0.4) is 0 Å². The van der Waals surface area contributed by atoms with Crippen LogP contribution in [0.15, 0.2) is 23.1 Å². The number of benzene rings is 1. The van der Waals surface area contributed by atoms with E-state index in [1.807, 2.05) is 10.2 Å². The average molecular weight is 304 g/mol. The minimum atomic E-state index is -4.39. The predicted octanol–water partition coefficient (Wildman–Crippen LogP) is -0.768. The molecule has 1 saturated heterocycles. The van der Waals surface area contributed by atoms with E-state index in [9.17, 15) is 22.4 Å². The molecule has 0 spiro atoms. The van der Waals surface area contributed by atoms with Gasteiger partial charge in [-0.05, 0) is 18.2 Å². The summed E-state index contributed by atoms with van der Waals surface area (Å²) in [5.74, 6) is -3.24. The highest BCUT2D eigenvalue weighted by Gasteiger charge is 2.32. The van der Waals surface area contributed by atoms with Crippen molar-refractivity contribution in [2.45, 2.75) is 10.9 Å². The summed E-state index contributed by atoms with van der Waals surface area (Å²) in [6, 6.07) is 1.13. The van der Waals surface area contributed by atoms with Crippen LogP contribution in [-0.4, -0.2) is 38.0 Å². The molecule has 108 valence electrons. The summed E-state index contributed by atoms with van der Waals surface area (Å²) in [5.41, 5.74) is 1.54. The van der Waals surface area contributed by atoms with Crippen LogP contribution < -0.4 is 10.2 Å². The van der Waals surface area contributed by atoms with Gasteiger partial charge in [-0.3, -0.25) is 9.63 Å². The van der Waals surface area contributed by atoms with E-state index in [4.69, 9.17) is 5.11 Å². The fraction of sp³-hybridized carbons (Fsp3) is 0.200. The lowest BCUT2D eigenvalue weighted by molar-refractivity contribution is -0.124. The van der Waals surface area contributed by atoms with Crippen molar-refractivity contribution < 1.29 is 32.3 Å². The van der Waals surface area contributed by atoms with E-state index in [1.165, 1.54) is 0 Å². The van der Waals surface area contributed by atoms with Crippen molar-refractivity contribution in [2.75, 3.05) is 6.61 Å². The molecule has 1 heterocycles. The highest BCUT2D eigenvalue weighted by atomic mass is 32.2. The van der Waals surface area contributed by atoms with Crippen LogP contribution in [0.25, 0.3) is 0 Å². The molecule has 1 aliphatic heterocycles. The molecular weight excluding hydrogens is 295 g/mol. The van der Waals surface area contributed by atoms with Crippen LogP contribution >= 0.6 is 0 Å². The normalized spacial score (nSPS) is 18.9. The number of sulfonamides is 1. The molecule has 1 atom stereocenters. The Morgan fingerprint density at radius 2 is 2.20 bits per heavy atom. The summed E-state index contributed by atoms with van der Waals surface area (Å²) >= 11 is 0. The highest BCUT2D eigenvalue weighted by Crippen LogP contribution is 2.17. The molecule has 1 fully saturated rings. The Morgan fingerprint density at radius 3 is 2.75 bits per heavy atom. The number of amides is 1. The lowest BCUT2D eigenvalue weighted by Gasteiger charge is -2.10. The number of rotatable bonds is 4. The Bertz CT molecular complexity index is 674. The monoisotopic (exact) mass is 304 g/mol. The summed E-state index contributed by atoms with van der Waals surface area (Å²) in [5, 5.41) is 8.77. The number of hydrogen-bond donors (Lipinski definition) is 3. The van der Waals surface area contributed by atoms with Crippen LogP contribution in [0.4, 0.5) is 4.39 Å². The van der Waals surface area contributed by atoms with Crippen molar-refractivity contribution in [1.82, 2.24) is 10.2 Å². The lowest BCUT2D eigenvalue weighted by Crippen LogP contribution is -2.41. The van der Waals surface area contributed by atoms with Gasteiger partial charge in [0, 0.05) is 0 Å². The first-order valence-corrected chi connectivity index (χ1v) is 6.76. The maximum atomic E-state index is 13.6. The molecule has 1 aromatic carbocycles. The fourth-order valence-electron chi connectivity index (χ4n) is 1.52. The number of carbonyl (C=O) groups excluding carboxylic acids is 1. The summed E-state index contributed by atoms with van der Waals surface area (Å²) in [6.07, 6.45) is 0. The molecule has 1 amide bonds. The van der Waals surface area contributed by atoms with Crippen molar-refractivity contribution in [3.05, 3.63) is 29.6 Å². The number of hydroxylamine groups is 1. The Hall–Kier alpha value is -2.04. The van der Waals surface area contributed by atoms with Gasteiger partial charge >= 0.3 is 5.97 Å². The van der Waals surface area contributed by atoms with Crippen LogP contribution in [0, 0.1) is 5.82 Å². The van der Waals surface area contributed by atoms with E-state index in [0.29, 0.717) is 6.07 Å². The maximum absolute atomic E-state index is 13.6. The van der Waals surface area contributed by atoms with E-state index >= 15 is 0 Å². The number of halogens is 1. The minimum absolute atomic E-state index is 0.252. The SMILES string of the molecule is O=C(O)c1ccc(F)c(S(=O)(=O)N[C@@H]2CONC2=O)c1. The molecule has 0 saturated carbocycles. The van der Waals surface area contributed by atoms with Crippen LogP contribution in [0.1, 0.15) is 10.4 Å². The Kier molecular flexibility index (Phi) is 3.70. The third-order valence-corrected chi connectivity index (χ3v) is 3.99. The third-order valence-electron chi connectivity index (χ3n) is 2.50. The predicted molar refractivity (Wildman–Crippen MR) is 61.6 cm³/mol. The highest BCUT2D eigenvalue weighted by molar-refractivity contribution is 7.89. The zero-order valence-corrected chi connectivity index (χ0v) is 10.6. The molecule has 1 aliphatic rings. The molecule has 3 N–H and O–H groups in total. The van der Waals surface area contributed by atoms with E-state index in [2.05, 4.69) is 4.84 Å². The first kappa shape index (κ1) is 14.4. The van der Waals surface area contributed by atoms with Gasteiger partial charge in [0.15, 0.2) is 0 Å². The quantitative estimate of drug-likeness (QED) is 0.671. The van der Waals surface area contributed by atoms with Gasteiger partial charge in [-0.2, -0.15) is 4.72 Å². The van der Waals surface area contributed by atoms with Crippen LogP contribution in [0.5, 0.6) is 0 Å². The van der Waals surface area contributed by atoms with Crippen molar-refractivity contribution >= 4 is 21.9 Å². The largest absolute Gasteiger partial charge is 0.478 e. The van der Waals surface area contributed by atoms with E-state index in [1.54, 1.807) is 0 Å². The van der Waals surface area contributed by atoms with E-state index in [-0.39, 0.29) is 12.2 Å². The topological polar surface area (TPSA) is 122 Å². The summed E-state index contributed by atoms with van der Waals surface area (Å²) < 4.78 is 39.4. The van der Waals surface area contributed by atoms with Crippen molar-refractivity contribution in [3.8, 4) is 0 Å².